The standard InChI is InChI=1S/C24H24Cl2N4O2/c1-5-32-21-17(13(2)24-29-22(26)20-23(27)28-10-11-30(20)24)12-18(25)14(3)19(21)15-6-8-16(31-4)9-7-15/h6-13H,5H2,1-4H3,(H2,27,28)/t13-/m1/s1. The molecule has 0 amide bonds. The summed E-state index contributed by atoms with van der Waals surface area (Å²) in [5.41, 5.74) is 10.4. The Morgan fingerprint density at radius 2 is 1.91 bits per heavy atom. The number of imidazole rings is 1. The highest BCUT2D eigenvalue weighted by atomic mass is 35.5. The van der Waals surface area contributed by atoms with Crippen molar-refractivity contribution in [3.05, 3.63) is 69.9 Å². The Morgan fingerprint density at radius 3 is 2.56 bits per heavy atom. The smallest absolute Gasteiger partial charge is 0.158 e. The summed E-state index contributed by atoms with van der Waals surface area (Å²) in [6, 6.07) is 9.79. The number of nitrogens with two attached hydrogens (primary N) is 1. The second-order valence-corrected chi connectivity index (χ2v) is 8.22. The molecule has 32 heavy (non-hydrogen) atoms. The van der Waals surface area contributed by atoms with E-state index in [1.807, 2.05) is 55.5 Å². The number of anilines is 1. The molecule has 166 valence electrons. The van der Waals surface area contributed by atoms with Crippen molar-refractivity contribution >= 4 is 34.5 Å². The molecule has 0 radical (unpaired) electrons. The Bertz CT molecular complexity index is 1290. The minimum absolute atomic E-state index is 0.187. The summed E-state index contributed by atoms with van der Waals surface area (Å²) in [6.07, 6.45) is 3.43. The predicted octanol–water partition coefficient (Wildman–Crippen LogP) is 6.15. The van der Waals surface area contributed by atoms with Crippen molar-refractivity contribution in [2.75, 3.05) is 19.5 Å². The van der Waals surface area contributed by atoms with Crippen molar-refractivity contribution in [2.45, 2.75) is 26.7 Å². The van der Waals surface area contributed by atoms with Gasteiger partial charge in [0.1, 0.15) is 22.8 Å². The molecule has 0 saturated carbocycles. The van der Waals surface area contributed by atoms with Crippen LogP contribution in [0.15, 0.2) is 42.7 Å². The van der Waals surface area contributed by atoms with Crippen LogP contribution < -0.4 is 15.2 Å². The molecule has 8 heteroatoms. The number of hydrogen-bond acceptors (Lipinski definition) is 5. The topological polar surface area (TPSA) is 74.7 Å². The fourth-order valence-corrected chi connectivity index (χ4v) is 4.44. The van der Waals surface area contributed by atoms with Crippen LogP contribution in [0, 0.1) is 6.92 Å². The summed E-state index contributed by atoms with van der Waals surface area (Å²) in [7, 11) is 1.65. The third-order valence-electron chi connectivity index (χ3n) is 5.59. The van der Waals surface area contributed by atoms with Crippen LogP contribution in [0.5, 0.6) is 11.5 Å². The average molecular weight is 471 g/mol. The number of methoxy groups -OCH3 is 1. The van der Waals surface area contributed by atoms with Gasteiger partial charge in [-0.3, -0.25) is 4.40 Å². The fraction of sp³-hybridized carbons (Fsp3) is 0.250. The molecule has 4 aromatic rings. The van der Waals surface area contributed by atoms with Gasteiger partial charge >= 0.3 is 0 Å². The first-order valence-corrected chi connectivity index (χ1v) is 11.0. The molecule has 0 fully saturated rings. The van der Waals surface area contributed by atoms with E-state index in [1.54, 1.807) is 19.5 Å². The number of fused-ring (bicyclic) bond motifs is 1. The molecule has 0 bridgehead atoms. The molecular formula is C24H24Cl2N4O2. The lowest BCUT2D eigenvalue weighted by molar-refractivity contribution is 0.336. The molecule has 0 spiro atoms. The summed E-state index contributed by atoms with van der Waals surface area (Å²) in [4.78, 5) is 8.73. The van der Waals surface area contributed by atoms with E-state index in [0.717, 1.165) is 39.6 Å². The van der Waals surface area contributed by atoms with Crippen LogP contribution in [0.25, 0.3) is 16.6 Å². The third-order valence-corrected chi connectivity index (χ3v) is 6.25. The number of rotatable bonds is 6. The highest BCUT2D eigenvalue weighted by molar-refractivity contribution is 6.33. The van der Waals surface area contributed by atoms with Gasteiger partial charge in [0.2, 0.25) is 0 Å². The monoisotopic (exact) mass is 470 g/mol. The van der Waals surface area contributed by atoms with Gasteiger partial charge in [0.25, 0.3) is 0 Å². The van der Waals surface area contributed by atoms with Crippen molar-refractivity contribution in [3.8, 4) is 22.6 Å². The Kier molecular flexibility index (Phi) is 6.17. The lowest BCUT2D eigenvalue weighted by atomic mass is 9.90. The van der Waals surface area contributed by atoms with Crippen LogP contribution in [0.1, 0.15) is 36.7 Å². The molecule has 0 aliphatic heterocycles. The number of aromatic nitrogens is 3. The number of nitrogen functional groups attached to an aromatic ring is 1. The molecule has 0 aliphatic carbocycles. The summed E-state index contributed by atoms with van der Waals surface area (Å²) >= 11 is 13.1. The maximum absolute atomic E-state index is 6.72. The summed E-state index contributed by atoms with van der Waals surface area (Å²) in [6.45, 7) is 6.50. The highest BCUT2D eigenvalue weighted by Gasteiger charge is 2.26. The Morgan fingerprint density at radius 1 is 1.19 bits per heavy atom. The zero-order valence-electron chi connectivity index (χ0n) is 18.3. The molecule has 6 nitrogen and oxygen atoms in total. The first kappa shape index (κ1) is 22.2. The largest absolute Gasteiger partial charge is 0.497 e. The highest BCUT2D eigenvalue weighted by Crippen LogP contribution is 2.45. The van der Waals surface area contributed by atoms with Gasteiger partial charge in [-0.05, 0) is 43.2 Å². The van der Waals surface area contributed by atoms with Gasteiger partial charge in [0.05, 0.1) is 13.7 Å². The summed E-state index contributed by atoms with van der Waals surface area (Å²) < 4.78 is 13.4. The van der Waals surface area contributed by atoms with E-state index in [-0.39, 0.29) is 5.92 Å². The van der Waals surface area contributed by atoms with E-state index in [9.17, 15) is 0 Å². The van der Waals surface area contributed by atoms with Crippen molar-refractivity contribution in [3.63, 3.8) is 0 Å². The van der Waals surface area contributed by atoms with E-state index >= 15 is 0 Å². The molecule has 2 N–H and O–H groups in total. The van der Waals surface area contributed by atoms with Crippen LogP contribution in [-0.4, -0.2) is 28.1 Å². The van der Waals surface area contributed by atoms with Crippen LogP contribution >= 0.6 is 23.2 Å². The molecule has 1 atom stereocenters. The minimum Gasteiger partial charge on any atom is -0.497 e. The van der Waals surface area contributed by atoms with E-state index in [0.29, 0.717) is 28.1 Å². The first-order valence-electron chi connectivity index (χ1n) is 10.3. The van der Waals surface area contributed by atoms with E-state index in [4.69, 9.17) is 38.4 Å². The molecule has 2 aromatic carbocycles. The quantitative estimate of drug-likeness (QED) is 0.365. The van der Waals surface area contributed by atoms with Crippen LogP contribution in [0.3, 0.4) is 0 Å². The maximum atomic E-state index is 6.72. The van der Waals surface area contributed by atoms with Gasteiger partial charge in [-0.2, -0.15) is 0 Å². The van der Waals surface area contributed by atoms with Crippen LogP contribution in [0.4, 0.5) is 5.82 Å². The molecule has 2 aromatic heterocycles. The minimum atomic E-state index is -0.187. The zero-order valence-corrected chi connectivity index (χ0v) is 19.8. The van der Waals surface area contributed by atoms with Gasteiger partial charge in [-0.25, -0.2) is 9.97 Å². The Hall–Kier alpha value is -2.96. The number of halogens is 2. The normalized spacial score (nSPS) is 12.2. The lowest BCUT2D eigenvalue weighted by Gasteiger charge is -2.22. The fourth-order valence-electron chi connectivity index (χ4n) is 3.96. The van der Waals surface area contributed by atoms with Gasteiger partial charge in [0.15, 0.2) is 11.0 Å². The van der Waals surface area contributed by atoms with Gasteiger partial charge in [0, 0.05) is 34.5 Å². The number of nitrogens with zero attached hydrogens (tertiary/aromatic N) is 3. The molecule has 2 heterocycles. The van der Waals surface area contributed by atoms with E-state index < -0.39 is 0 Å². The predicted molar refractivity (Wildman–Crippen MR) is 129 cm³/mol. The molecular weight excluding hydrogens is 447 g/mol. The second-order valence-electron chi connectivity index (χ2n) is 7.45. The number of hydrogen-bond donors (Lipinski definition) is 1. The summed E-state index contributed by atoms with van der Waals surface area (Å²) in [5, 5.41) is 0.957. The average Bonchev–Trinajstić information content (AvgIpc) is 3.14. The first-order chi connectivity index (χ1) is 15.4. The van der Waals surface area contributed by atoms with Gasteiger partial charge < -0.3 is 15.2 Å². The summed E-state index contributed by atoms with van der Waals surface area (Å²) in [5.74, 6) is 2.41. The lowest BCUT2D eigenvalue weighted by Crippen LogP contribution is -2.08. The molecule has 0 aliphatic rings. The van der Waals surface area contributed by atoms with Crippen molar-refractivity contribution < 1.29 is 9.47 Å². The maximum Gasteiger partial charge on any atom is 0.158 e. The SMILES string of the molecule is CCOc1c([C@@H](C)c2nc(Cl)c3c(N)nccn23)cc(Cl)c(C)c1-c1ccc(OC)cc1. The van der Waals surface area contributed by atoms with Crippen molar-refractivity contribution in [2.24, 2.45) is 0 Å². The number of benzene rings is 2. The molecule has 4 rings (SSSR count). The van der Waals surface area contributed by atoms with E-state index in [1.165, 1.54) is 0 Å². The third kappa shape index (κ3) is 3.74. The van der Waals surface area contributed by atoms with Crippen LogP contribution in [-0.2, 0) is 0 Å². The Balaban J connectivity index is 1.95. The van der Waals surface area contributed by atoms with Gasteiger partial charge in [-0.1, -0.05) is 42.3 Å². The number of ether oxygens (including phenoxy) is 2. The van der Waals surface area contributed by atoms with Crippen molar-refractivity contribution in [1.29, 1.82) is 0 Å². The van der Waals surface area contributed by atoms with Crippen LogP contribution in [0.2, 0.25) is 10.2 Å². The molecule has 0 unspecified atom stereocenters. The zero-order chi connectivity index (χ0) is 23.0. The van der Waals surface area contributed by atoms with Crippen molar-refractivity contribution in [1.82, 2.24) is 14.4 Å². The molecule has 0 saturated heterocycles. The second kappa shape index (κ2) is 8.88. The van der Waals surface area contributed by atoms with E-state index in [2.05, 4.69) is 9.97 Å². The van der Waals surface area contributed by atoms with Gasteiger partial charge in [-0.15, -0.1) is 0 Å². The Labute approximate surface area is 196 Å².